The minimum Gasteiger partial charge on any atom is -0.399 e. The average Bonchev–Trinajstić information content (AvgIpc) is 2.38. The lowest BCUT2D eigenvalue weighted by Crippen LogP contribution is -2.46. The first-order valence-electron chi connectivity index (χ1n) is 6.97. The Morgan fingerprint density at radius 2 is 2.05 bits per heavy atom. The van der Waals surface area contributed by atoms with E-state index in [2.05, 4.69) is 0 Å². The predicted octanol–water partition coefficient (Wildman–Crippen LogP) is 1.54. The van der Waals surface area contributed by atoms with Crippen LogP contribution in [0.3, 0.4) is 0 Å². The van der Waals surface area contributed by atoms with Crippen molar-refractivity contribution in [1.82, 2.24) is 4.31 Å². The number of aliphatic hydroxyl groups is 1. The second-order valence-electron chi connectivity index (χ2n) is 5.63. The Kier molecular flexibility index (Phi) is 5.19. The van der Waals surface area contributed by atoms with E-state index in [1.807, 2.05) is 18.2 Å². The first kappa shape index (κ1) is 16.6. The summed E-state index contributed by atoms with van der Waals surface area (Å²) >= 11 is 1.49. The van der Waals surface area contributed by atoms with E-state index in [4.69, 9.17) is 5.73 Å². The van der Waals surface area contributed by atoms with Crippen LogP contribution in [0.2, 0.25) is 0 Å². The van der Waals surface area contributed by atoms with E-state index in [9.17, 15) is 13.5 Å². The number of nitrogen functional groups attached to an aromatic ring is 1. The van der Waals surface area contributed by atoms with E-state index in [1.165, 1.54) is 16.1 Å². The number of piperidine rings is 1. The van der Waals surface area contributed by atoms with E-state index in [0.717, 1.165) is 4.90 Å². The van der Waals surface area contributed by atoms with E-state index >= 15 is 0 Å². The molecule has 3 N–H and O–H groups in total. The zero-order chi connectivity index (χ0) is 15.5. The molecule has 0 amide bonds. The second kappa shape index (κ2) is 6.56. The fourth-order valence-corrected chi connectivity index (χ4v) is 5.05. The number of nitrogens with zero attached hydrogens (tertiary/aromatic N) is 1. The molecule has 1 aromatic carbocycles. The molecule has 1 aromatic rings. The highest BCUT2D eigenvalue weighted by Gasteiger charge is 2.32. The highest BCUT2D eigenvalue weighted by Crippen LogP contribution is 2.25. The van der Waals surface area contributed by atoms with Gasteiger partial charge in [-0.25, -0.2) is 12.7 Å². The Labute approximate surface area is 130 Å². The van der Waals surface area contributed by atoms with Crippen LogP contribution < -0.4 is 5.73 Å². The molecule has 0 saturated carbocycles. The summed E-state index contributed by atoms with van der Waals surface area (Å²) in [4.78, 5) is 0.978. The van der Waals surface area contributed by atoms with Crippen molar-refractivity contribution in [1.29, 1.82) is 0 Å². The number of sulfonamides is 1. The van der Waals surface area contributed by atoms with Crippen LogP contribution in [0.25, 0.3) is 0 Å². The number of rotatable bonds is 5. The monoisotopic (exact) mass is 330 g/mol. The van der Waals surface area contributed by atoms with Crippen molar-refractivity contribution >= 4 is 27.5 Å². The maximum atomic E-state index is 12.3. The van der Waals surface area contributed by atoms with Gasteiger partial charge in [-0.15, -0.1) is 11.8 Å². The molecular formula is C14H22N2O3S2. The summed E-state index contributed by atoms with van der Waals surface area (Å²) in [6.07, 6.45) is 0.989. The summed E-state index contributed by atoms with van der Waals surface area (Å²) in [5.41, 5.74) is 5.64. The third-order valence-corrected chi connectivity index (χ3v) is 6.79. The summed E-state index contributed by atoms with van der Waals surface area (Å²) in [5.74, 6) is 0.604. The maximum absolute atomic E-state index is 12.3. The smallest absolute Gasteiger partial charge is 0.214 e. The summed E-state index contributed by atoms with van der Waals surface area (Å²) < 4.78 is 26.0. The summed E-state index contributed by atoms with van der Waals surface area (Å²) in [7, 11) is -3.24. The maximum Gasteiger partial charge on any atom is 0.214 e. The van der Waals surface area contributed by atoms with Gasteiger partial charge in [0.1, 0.15) is 0 Å². The molecule has 1 aliphatic rings. The molecule has 0 unspecified atom stereocenters. The lowest BCUT2D eigenvalue weighted by Gasteiger charge is -2.34. The Bertz CT molecular complexity index is 578. The molecule has 2 rings (SSSR count). The first-order chi connectivity index (χ1) is 9.78. The Morgan fingerprint density at radius 1 is 1.38 bits per heavy atom. The highest BCUT2D eigenvalue weighted by molar-refractivity contribution is 8.00. The van der Waals surface area contributed by atoms with Gasteiger partial charge in [-0.05, 0) is 38.0 Å². The van der Waals surface area contributed by atoms with Crippen LogP contribution in [0.15, 0.2) is 29.2 Å². The highest BCUT2D eigenvalue weighted by atomic mass is 32.2. The average molecular weight is 330 g/mol. The van der Waals surface area contributed by atoms with Crippen LogP contribution in [-0.2, 0) is 10.0 Å². The van der Waals surface area contributed by atoms with Crippen LogP contribution in [0, 0.1) is 0 Å². The van der Waals surface area contributed by atoms with E-state index < -0.39 is 15.6 Å². The zero-order valence-corrected chi connectivity index (χ0v) is 13.8. The number of benzene rings is 1. The van der Waals surface area contributed by atoms with Gasteiger partial charge in [0.05, 0.1) is 11.4 Å². The van der Waals surface area contributed by atoms with Gasteiger partial charge >= 0.3 is 0 Å². The molecule has 0 spiro atoms. The van der Waals surface area contributed by atoms with Gasteiger partial charge < -0.3 is 10.8 Å². The number of anilines is 1. The zero-order valence-electron chi connectivity index (χ0n) is 12.2. The van der Waals surface area contributed by atoms with Gasteiger partial charge in [0.2, 0.25) is 10.0 Å². The van der Waals surface area contributed by atoms with Crippen molar-refractivity contribution in [2.45, 2.75) is 30.3 Å². The van der Waals surface area contributed by atoms with Crippen LogP contribution >= 0.6 is 11.8 Å². The van der Waals surface area contributed by atoms with Crippen LogP contribution in [0.1, 0.15) is 19.8 Å². The minimum absolute atomic E-state index is 0.106. The summed E-state index contributed by atoms with van der Waals surface area (Å²) in [6, 6.07) is 7.43. The van der Waals surface area contributed by atoms with Crippen LogP contribution in [0.5, 0.6) is 0 Å². The third-order valence-electron chi connectivity index (χ3n) is 3.66. The molecule has 7 heteroatoms. The quantitative estimate of drug-likeness (QED) is 0.632. The van der Waals surface area contributed by atoms with E-state index in [-0.39, 0.29) is 5.75 Å². The molecule has 1 fully saturated rings. The molecule has 0 atom stereocenters. The van der Waals surface area contributed by atoms with Gasteiger partial charge in [0.25, 0.3) is 0 Å². The molecule has 1 aliphatic heterocycles. The number of hydrogen-bond acceptors (Lipinski definition) is 5. The SMILES string of the molecule is CC1(O)CCN(S(=O)(=O)CCSc2cccc(N)c2)CC1. The number of thioether (sulfide) groups is 1. The molecule has 1 saturated heterocycles. The van der Waals surface area contributed by atoms with Crippen molar-refractivity contribution in [3.8, 4) is 0 Å². The molecular weight excluding hydrogens is 308 g/mol. The van der Waals surface area contributed by atoms with Crippen molar-refractivity contribution in [2.24, 2.45) is 0 Å². The molecule has 0 aliphatic carbocycles. The first-order valence-corrected chi connectivity index (χ1v) is 9.57. The van der Waals surface area contributed by atoms with Gasteiger partial charge in [-0.2, -0.15) is 0 Å². The third kappa shape index (κ3) is 4.88. The summed E-state index contributed by atoms with van der Waals surface area (Å²) in [6.45, 7) is 2.56. The Balaban J connectivity index is 1.84. The van der Waals surface area contributed by atoms with E-state index in [0.29, 0.717) is 37.4 Å². The predicted molar refractivity (Wildman–Crippen MR) is 86.8 cm³/mol. The summed E-state index contributed by atoms with van der Waals surface area (Å²) in [5, 5.41) is 9.87. The Morgan fingerprint density at radius 3 is 2.67 bits per heavy atom. The van der Waals surface area contributed by atoms with Gasteiger partial charge in [0, 0.05) is 29.4 Å². The molecule has 118 valence electrons. The van der Waals surface area contributed by atoms with Crippen molar-refractivity contribution in [3.63, 3.8) is 0 Å². The molecule has 5 nitrogen and oxygen atoms in total. The van der Waals surface area contributed by atoms with Gasteiger partial charge in [-0.3, -0.25) is 0 Å². The normalized spacial score (nSPS) is 19.5. The van der Waals surface area contributed by atoms with Gasteiger partial charge in [0.15, 0.2) is 0 Å². The van der Waals surface area contributed by atoms with Crippen molar-refractivity contribution in [3.05, 3.63) is 24.3 Å². The topological polar surface area (TPSA) is 83.6 Å². The lowest BCUT2D eigenvalue weighted by molar-refractivity contribution is 0.0126. The van der Waals surface area contributed by atoms with Crippen molar-refractivity contribution < 1.29 is 13.5 Å². The largest absolute Gasteiger partial charge is 0.399 e. The fraction of sp³-hybridized carbons (Fsp3) is 0.571. The van der Waals surface area contributed by atoms with Crippen molar-refractivity contribution in [2.75, 3.05) is 30.3 Å². The number of nitrogens with two attached hydrogens (primary N) is 1. The van der Waals surface area contributed by atoms with Crippen LogP contribution in [-0.4, -0.2) is 48.0 Å². The molecule has 21 heavy (non-hydrogen) atoms. The molecule has 0 aromatic heterocycles. The van der Waals surface area contributed by atoms with E-state index in [1.54, 1.807) is 13.0 Å². The molecule has 0 bridgehead atoms. The molecule has 0 radical (unpaired) electrons. The lowest BCUT2D eigenvalue weighted by atomic mass is 9.95. The molecule has 1 heterocycles. The number of hydrogen-bond donors (Lipinski definition) is 2. The Hall–Kier alpha value is -0.760. The van der Waals surface area contributed by atoms with Gasteiger partial charge in [-0.1, -0.05) is 6.07 Å². The standard InChI is InChI=1S/C14H22N2O3S2/c1-14(17)5-7-16(8-6-14)21(18,19)10-9-20-13-4-2-3-12(15)11-13/h2-4,11,17H,5-10,15H2,1H3. The minimum atomic E-state index is -3.24. The van der Waals surface area contributed by atoms with Crippen LogP contribution in [0.4, 0.5) is 5.69 Å². The second-order valence-corrected chi connectivity index (χ2v) is 8.89. The fourth-order valence-electron chi connectivity index (χ4n) is 2.24.